The molecule has 0 fully saturated rings. The van der Waals surface area contributed by atoms with Crippen LogP contribution in [0.4, 0.5) is 5.13 Å². The lowest BCUT2D eigenvalue weighted by molar-refractivity contribution is 0.102. The zero-order valence-corrected chi connectivity index (χ0v) is 15.9. The Morgan fingerprint density at radius 3 is 2.62 bits per heavy atom. The van der Waals surface area contributed by atoms with Gasteiger partial charge >= 0.3 is 0 Å². The molecule has 0 atom stereocenters. The number of rotatable bonds is 3. The number of amides is 1. The van der Waals surface area contributed by atoms with Gasteiger partial charge in [0.15, 0.2) is 15.0 Å². The number of nitrogens with zero attached hydrogens (tertiary/aromatic N) is 1. The van der Waals surface area contributed by atoms with Gasteiger partial charge < -0.3 is 0 Å². The number of thiazole rings is 1. The van der Waals surface area contributed by atoms with E-state index in [4.69, 9.17) is 0 Å². The van der Waals surface area contributed by atoms with Crippen LogP contribution in [0.25, 0.3) is 10.2 Å². The molecule has 1 N–H and O–H groups in total. The highest BCUT2D eigenvalue weighted by Gasteiger charge is 2.15. The number of carbonyl (C=O) groups excluding carboxylic acids is 1. The van der Waals surface area contributed by atoms with E-state index >= 15 is 0 Å². The van der Waals surface area contributed by atoms with Crippen LogP contribution in [0.1, 0.15) is 34.3 Å². The van der Waals surface area contributed by atoms with Crippen molar-refractivity contribution in [2.75, 3.05) is 11.6 Å². The summed E-state index contributed by atoms with van der Waals surface area (Å²) in [5.74, 6) is -0.194. The van der Waals surface area contributed by atoms with Crippen molar-refractivity contribution in [3.05, 3.63) is 53.1 Å². The summed E-state index contributed by atoms with van der Waals surface area (Å²) in [6, 6.07) is 10.7. The Labute approximate surface area is 156 Å². The largest absolute Gasteiger partial charge is 0.298 e. The molecule has 3 aromatic rings. The molecule has 0 saturated carbocycles. The molecule has 0 aliphatic heterocycles. The van der Waals surface area contributed by atoms with Crippen molar-refractivity contribution in [1.29, 1.82) is 0 Å². The summed E-state index contributed by atoms with van der Waals surface area (Å²) in [5, 5.41) is 3.30. The normalized spacial score (nSPS) is 14.2. The molecule has 0 spiro atoms. The zero-order valence-electron chi connectivity index (χ0n) is 14.3. The van der Waals surface area contributed by atoms with Crippen molar-refractivity contribution in [3.63, 3.8) is 0 Å². The minimum atomic E-state index is -3.27. The summed E-state index contributed by atoms with van der Waals surface area (Å²) in [4.78, 5) is 17.2. The number of fused-ring (bicyclic) bond motifs is 2. The van der Waals surface area contributed by atoms with Gasteiger partial charge in [0.1, 0.15) is 0 Å². The molecular weight excluding hydrogens is 368 g/mol. The van der Waals surface area contributed by atoms with Crippen LogP contribution < -0.4 is 5.32 Å². The zero-order chi connectivity index (χ0) is 18.3. The van der Waals surface area contributed by atoms with Gasteiger partial charge in [0.05, 0.1) is 15.1 Å². The van der Waals surface area contributed by atoms with E-state index < -0.39 is 9.84 Å². The van der Waals surface area contributed by atoms with E-state index in [1.165, 1.54) is 47.6 Å². The Morgan fingerprint density at radius 2 is 1.85 bits per heavy atom. The van der Waals surface area contributed by atoms with Gasteiger partial charge in [-0.05, 0) is 67.1 Å². The van der Waals surface area contributed by atoms with E-state index in [-0.39, 0.29) is 10.8 Å². The molecule has 1 amide bonds. The lowest BCUT2D eigenvalue weighted by Crippen LogP contribution is -2.13. The van der Waals surface area contributed by atoms with Gasteiger partial charge in [-0.1, -0.05) is 17.4 Å². The summed E-state index contributed by atoms with van der Waals surface area (Å²) in [6.07, 6.45) is 5.65. The first-order valence-corrected chi connectivity index (χ1v) is 11.1. The first-order valence-electron chi connectivity index (χ1n) is 8.44. The van der Waals surface area contributed by atoms with Crippen LogP contribution in [0.5, 0.6) is 0 Å². The fourth-order valence-corrected chi connectivity index (χ4v) is 4.85. The Kier molecular flexibility index (Phi) is 4.28. The Bertz CT molecular complexity index is 1120. The number of aryl methyl sites for hydroxylation is 2. The highest BCUT2D eigenvalue weighted by Crippen LogP contribution is 2.29. The van der Waals surface area contributed by atoms with E-state index in [2.05, 4.69) is 10.3 Å². The Balaban J connectivity index is 1.59. The average Bonchev–Trinajstić information content (AvgIpc) is 3.01. The summed E-state index contributed by atoms with van der Waals surface area (Å²) < 4.78 is 24.1. The number of nitrogens with one attached hydrogen (secondary N) is 1. The van der Waals surface area contributed by atoms with Crippen molar-refractivity contribution >= 4 is 42.4 Å². The van der Waals surface area contributed by atoms with Crippen molar-refractivity contribution in [1.82, 2.24) is 4.98 Å². The molecular formula is C19H18N2O3S2. The number of benzene rings is 2. The highest BCUT2D eigenvalue weighted by atomic mass is 32.2. The standard InChI is InChI=1S/C19H18N2O3S2/c1-26(23,24)15-8-9-16-17(11-15)25-19(20-16)21-18(22)14-7-6-12-4-2-3-5-13(12)10-14/h6-11H,2-5H2,1H3,(H,20,21,22). The lowest BCUT2D eigenvalue weighted by Gasteiger charge is -2.16. The fraction of sp³-hybridized carbons (Fsp3) is 0.263. The van der Waals surface area contributed by atoms with Crippen LogP contribution in [-0.4, -0.2) is 25.6 Å². The van der Waals surface area contributed by atoms with E-state index in [1.807, 2.05) is 18.2 Å². The number of hydrogen-bond donors (Lipinski definition) is 1. The minimum Gasteiger partial charge on any atom is -0.298 e. The molecule has 1 aromatic heterocycles. The van der Waals surface area contributed by atoms with Crippen LogP contribution in [-0.2, 0) is 22.7 Å². The molecule has 0 radical (unpaired) electrons. The minimum absolute atomic E-state index is 0.194. The van der Waals surface area contributed by atoms with Gasteiger partial charge in [-0.25, -0.2) is 13.4 Å². The number of anilines is 1. The predicted molar refractivity (Wildman–Crippen MR) is 104 cm³/mol. The van der Waals surface area contributed by atoms with E-state index in [1.54, 1.807) is 12.1 Å². The maximum absolute atomic E-state index is 12.6. The molecule has 1 heterocycles. The SMILES string of the molecule is CS(=O)(=O)c1ccc2nc(NC(=O)c3ccc4c(c3)CCCC4)sc2c1. The van der Waals surface area contributed by atoms with Gasteiger partial charge in [0.25, 0.3) is 5.91 Å². The van der Waals surface area contributed by atoms with Crippen molar-refractivity contribution in [3.8, 4) is 0 Å². The fourth-order valence-electron chi connectivity index (χ4n) is 3.23. The average molecular weight is 386 g/mol. The van der Waals surface area contributed by atoms with Crippen LogP contribution in [0.2, 0.25) is 0 Å². The second-order valence-electron chi connectivity index (χ2n) is 6.57. The molecule has 1 aliphatic rings. The van der Waals surface area contributed by atoms with Gasteiger partial charge in [-0.15, -0.1) is 0 Å². The third-order valence-corrected chi connectivity index (χ3v) is 6.66. The third kappa shape index (κ3) is 3.37. The topological polar surface area (TPSA) is 76.1 Å². The molecule has 1 aliphatic carbocycles. The molecule has 4 rings (SSSR count). The van der Waals surface area contributed by atoms with E-state index in [9.17, 15) is 13.2 Å². The summed E-state index contributed by atoms with van der Waals surface area (Å²) in [6.45, 7) is 0. The Hall–Kier alpha value is -2.25. The third-order valence-electron chi connectivity index (χ3n) is 4.62. The van der Waals surface area contributed by atoms with Gasteiger partial charge in [-0.2, -0.15) is 0 Å². The summed E-state index contributed by atoms with van der Waals surface area (Å²) >= 11 is 1.27. The molecule has 0 unspecified atom stereocenters. The lowest BCUT2D eigenvalue weighted by atomic mass is 9.90. The van der Waals surface area contributed by atoms with Crippen molar-refractivity contribution in [2.24, 2.45) is 0 Å². The van der Waals surface area contributed by atoms with Crippen molar-refractivity contribution in [2.45, 2.75) is 30.6 Å². The molecule has 0 bridgehead atoms. The number of carbonyl (C=O) groups is 1. The highest BCUT2D eigenvalue weighted by molar-refractivity contribution is 7.90. The molecule has 2 aromatic carbocycles. The second-order valence-corrected chi connectivity index (χ2v) is 9.61. The smallest absolute Gasteiger partial charge is 0.257 e. The second kappa shape index (κ2) is 6.48. The monoisotopic (exact) mass is 386 g/mol. The predicted octanol–water partition coefficient (Wildman–Crippen LogP) is 3.83. The Morgan fingerprint density at radius 1 is 1.08 bits per heavy atom. The maximum atomic E-state index is 12.6. The van der Waals surface area contributed by atoms with Crippen LogP contribution in [0.15, 0.2) is 41.3 Å². The number of sulfone groups is 1. The molecule has 0 saturated heterocycles. The number of hydrogen-bond acceptors (Lipinski definition) is 5. The molecule has 134 valence electrons. The maximum Gasteiger partial charge on any atom is 0.257 e. The van der Waals surface area contributed by atoms with Gasteiger partial charge in [-0.3, -0.25) is 10.1 Å². The summed E-state index contributed by atoms with van der Waals surface area (Å²) in [7, 11) is -3.27. The van der Waals surface area contributed by atoms with Crippen LogP contribution in [0.3, 0.4) is 0 Å². The van der Waals surface area contributed by atoms with Crippen molar-refractivity contribution < 1.29 is 13.2 Å². The quantitative estimate of drug-likeness (QED) is 0.742. The van der Waals surface area contributed by atoms with Gasteiger partial charge in [0.2, 0.25) is 0 Å². The number of aromatic nitrogens is 1. The first kappa shape index (κ1) is 17.2. The van der Waals surface area contributed by atoms with E-state index in [0.29, 0.717) is 16.2 Å². The summed E-state index contributed by atoms with van der Waals surface area (Å²) in [5.41, 5.74) is 3.89. The van der Waals surface area contributed by atoms with Crippen LogP contribution in [0, 0.1) is 0 Å². The first-order chi connectivity index (χ1) is 12.4. The molecule has 26 heavy (non-hydrogen) atoms. The van der Waals surface area contributed by atoms with E-state index in [0.717, 1.165) is 17.5 Å². The molecule has 7 heteroatoms. The van der Waals surface area contributed by atoms with Crippen LogP contribution >= 0.6 is 11.3 Å². The van der Waals surface area contributed by atoms with Gasteiger partial charge in [0, 0.05) is 11.8 Å². The molecule has 5 nitrogen and oxygen atoms in total.